The second-order valence-electron chi connectivity index (χ2n) is 4.17. The van der Waals surface area contributed by atoms with Crippen molar-refractivity contribution >= 4 is 0 Å². The molecule has 0 nitrogen and oxygen atoms in total. The van der Waals surface area contributed by atoms with Gasteiger partial charge in [-0.2, -0.15) is 0 Å². The van der Waals surface area contributed by atoms with Gasteiger partial charge >= 0.3 is 5.92 Å². The average Bonchev–Trinajstić information content (AvgIpc) is 2.15. The summed E-state index contributed by atoms with van der Waals surface area (Å²) in [4.78, 5) is 0. The molecule has 1 rings (SSSR count). The molecule has 2 atom stereocenters. The lowest BCUT2D eigenvalue weighted by atomic mass is 9.81. The Morgan fingerprint density at radius 1 is 1.20 bits per heavy atom. The molecule has 0 radical (unpaired) electrons. The molecule has 0 saturated heterocycles. The van der Waals surface area contributed by atoms with Crippen LogP contribution >= 0.6 is 0 Å². The Balaban J connectivity index is 2.42. The maximum Gasteiger partial charge on any atom is 0.309 e. The second-order valence-corrected chi connectivity index (χ2v) is 4.17. The first kappa shape index (κ1) is 12.5. The van der Waals surface area contributed by atoms with Crippen molar-refractivity contribution in [2.75, 3.05) is 0 Å². The molecule has 15 heavy (non-hydrogen) atoms. The topological polar surface area (TPSA) is 0 Å². The highest BCUT2D eigenvalue weighted by Crippen LogP contribution is 2.42. The van der Waals surface area contributed by atoms with Crippen LogP contribution in [0, 0.1) is 5.92 Å². The zero-order valence-corrected chi connectivity index (χ0v) is 8.56. The third-order valence-electron chi connectivity index (χ3n) is 2.94. The Morgan fingerprint density at radius 3 is 2.20 bits per heavy atom. The van der Waals surface area contributed by atoms with Crippen molar-refractivity contribution in [2.45, 2.75) is 50.4 Å². The minimum absolute atomic E-state index is 0.218. The summed E-state index contributed by atoms with van der Waals surface area (Å²) in [6.45, 7) is 3.53. The number of unbranched alkanes of at least 4 members (excludes halogenated alkanes) is 1. The third-order valence-corrected chi connectivity index (χ3v) is 2.94. The summed E-state index contributed by atoms with van der Waals surface area (Å²) < 4.78 is 51.5. The summed E-state index contributed by atoms with van der Waals surface area (Å²) in [5.41, 5.74) is 0. The van der Waals surface area contributed by atoms with Crippen LogP contribution in [0.25, 0.3) is 0 Å². The highest BCUT2D eigenvalue weighted by atomic mass is 19.3. The smallest absolute Gasteiger partial charge is 0.241 e. The molecule has 0 aromatic carbocycles. The number of alkyl halides is 4. The number of rotatable bonds is 4. The van der Waals surface area contributed by atoms with Crippen LogP contribution in [-0.2, 0) is 0 Å². The van der Waals surface area contributed by atoms with Crippen LogP contribution in [0.4, 0.5) is 17.6 Å². The second kappa shape index (κ2) is 4.99. The molecule has 0 heterocycles. The minimum atomic E-state index is -3.78. The van der Waals surface area contributed by atoms with Crippen LogP contribution < -0.4 is 0 Å². The summed E-state index contributed by atoms with van der Waals surface area (Å²) in [6, 6.07) is 0. The van der Waals surface area contributed by atoms with Gasteiger partial charge in [0, 0.05) is 0 Å². The summed E-state index contributed by atoms with van der Waals surface area (Å²) >= 11 is 0. The highest BCUT2D eigenvalue weighted by Gasteiger charge is 2.53. The molecule has 1 fully saturated rings. The van der Waals surface area contributed by atoms with E-state index in [4.69, 9.17) is 0 Å². The van der Waals surface area contributed by atoms with Gasteiger partial charge in [-0.3, -0.25) is 0 Å². The average molecular weight is 224 g/mol. The molecule has 0 spiro atoms. The number of hydrogen-bond acceptors (Lipinski definition) is 0. The Kier molecular flexibility index (Phi) is 4.17. The van der Waals surface area contributed by atoms with Crippen LogP contribution in [0.3, 0.4) is 0 Å². The molecule has 0 aromatic rings. The molecular formula is C11H16F4. The van der Waals surface area contributed by atoms with Crippen molar-refractivity contribution < 1.29 is 17.6 Å². The number of hydrogen-bond donors (Lipinski definition) is 0. The molecule has 1 aliphatic rings. The van der Waals surface area contributed by atoms with Gasteiger partial charge in [0.15, 0.2) is 12.3 Å². The molecule has 2 unspecified atom stereocenters. The van der Waals surface area contributed by atoms with Gasteiger partial charge in [0.2, 0.25) is 0 Å². The van der Waals surface area contributed by atoms with E-state index in [1.165, 1.54) is 0 Å². The van der Waals surface area contributed by atoms with Crippen molar-refractivity contribution in [3.05, 3.63) is 12.7 Å². The monoisotopic (exact) mass is 224 g/mol. The largest absolute Gasteiger partial charge is 0.309 e. The molecular weight excluding hydrogens is 208 g/mol. The lowest BCUT2D eigenvalue weighted by Crippen LogP contribution is -2.46. The third kappa shape index (κ3) is 2.95. The Bertz CT molecular complexity index is 201. The molecule has 88 valence electrons. The fraction of sp³-hybridized carbons (Fsp3) is 0.818. The van der Waals surface area contributed by atoms with Gasteiger partial charge < -0.3 is 0 Å². The van der Waals surface area contributed by atoms with E-state index < -0.39 is 18.3 Å². The number of allylic oxidation sites excluding steroid dienone is 1. The van der Waals surface area contributed by atoms with E-state index in [0.29, 0.717) is 6.42 Å². The van der Waals surface area contributed by atoms with Crippen molar-refractivity contribution in [3.63, 3.8) is 0 Å². The Labute approximate surface area is 87.4 Å². The zero-order valence-electron chi connectivity index (χ0n) is 8.56. The first-order valence-corrected chi connectivity index (χ1v) is 5.25. The Hall–Kier alpha value is -0.540. The normalized spacial score (nSPS) is 35.1. The standard InChI is InChI=1S/C11H16F4/c1-2-3-4-5-8-6-9(12)11(14,15)10(13)7-8/h2,8-10H,1,3-7H2. The molecule has 1 aliphatic carbocycles. The van der Waals surface area contributed by atoms with Gasteiger partial charge in [0.25, 0.3) is 0 Å². The molecule has 0 N–H and O–H groups in total. The fourth-order valence-electron chi connectivity index (χ4n) is 1.98. The molecule has 0 bridgehead atoms. The van der Waals surface area contributed by atoms with Gasteiger partial charge in [0.05, 0.1) is 0 Å². The van der Waals surface area contributed by atoms with E-state index >= 15 is 0 Å². The van der Waals surface area contributed by atoms with E-state index in [1.807, 2.05) is 0 Å². The van der Waals surface area contributed by atoms with Crippen molar-refractivity contribution in [1.82, 2.24) is 0 Å². The molecule has 0 aromatic heterocycles. The van der Waals surface area contributed by atoms with Crippen LogP contribution in [0.2, 0.25) is 0 Å². The molecule has 1 saturated carbocycles. The SMILES string of the molecule is C=CCCCC1CC(F)C(F)(F)C(F)C1. The predicted octanol–water partition coefficient (Wildman–Crippen LogP) is 4.06. The van der Waals surface area contributed by atoms with E-state index in [1.54, 1.807) is 6.08 Å². The Morgan fingerprint density at radius 2 is 1.73 bits per heavy atom. The van der Waals surface area contributed by atoms with Gasteiger partial charge in [-0.1, -0.05) is 6.08 Å². The van der Waals surface area contributed by atoms with E-state index in [-0.39, 0.29) is 18.8 Å². The summed E-state index contributed by atoms with van der Waals surface area (Å²) in [6.07, 6.45) is -1.24. The lowest BCUT2D eigenvalue weighted by molar-refractivity contribution is -0.158. The van der Waals surface area contributed by atoms with Gasteiger partial charge in [-0.25, -0.2) is 17.6 Å². The van der Waals surface area contributed by atoms with Crippen molar-refractivity contribution in [1.29, 1.82) is 0 Å². The van der Waals surface area contributed by atoms with Crippen LogP contribution in [-0.4, -0.2) is 18.3 Å². The summed E-state index contributed by atoms with van der Waals surface area (Å²) in [5, 5.41) is 0. The maximum atomic E-state index is 13.0. The van der Waals surface area contributed by atoms with E-state index in [9.17, 15) is 17.6 Å². The lowest BCUT2D eigenvalue weighted by Gasteiger charge is -2.34. The molecule has 0 amide bonds. The highest BCUT2D eigenvalue weighted by molar-refractivity contribution is 4.93. The number of halogens is 4. The maximum absolute atomic E-state index is 13.0. The van der Waals surface area contributed by atoms with Crippen LogP contribution in [0.5, 0.6) is 0 Å². The summed E-state index contributed by atoms with van der Waals surface area (Å²) in [7, 11) is 0. The molecule has 0 aliphatic heterocycles. The molecule has 4 heteroatoms. The minimum Gasteiger partial charge on any atom is -0.241 e. The predicted molar refractivity (Wildman–Crippen MR) is 51.5 cm³/mol. The van der Waals surface area contributed by atoms with Gasteiger partial charge in [0.1, 0.15) is 0 Å². The van der Waals surface area contributed by atoms with E-state index in [0.717, 1.165) is 12.8 Å². The van der Waals surface area contributed by atoms with E-state index in [2.05, 4.69) is 6.58 Å². The van der Waals surface area contributed by atoms with Crippen LogP contribution in [0.15, 0.2) is 12.7 Å². The van der Waals surface area contributed by atoms with Gasteiger partial charge in [-0.05, 0) is 38.0 Å². The van der Waals surface area contributed by atoms with Crippen LogP contribution in [0.1, 0.15) is 32.1 Å². The fourth-order valence-corrected chi connectivity index (χ4v) is 1.98. The quantitative estimate of drug-likeness (QED) is 0.383. The van der Waals surface area contributed by atoms with Crippen molar-refractivity contribution in [3.8, 4) is 0 Å². The first-order chi connectivity index (χ1) is 6.98. The zero-order chi connectivity index (χ0) is 11.5. The van der Waals surface area contributed by atoms with Gasteiger partial charge in [-0.15, -0.1) is 6.58 Å². The van der Waals surface area contributed by atoms with Crippen molar-refractivity contribution in [2.24, 2.45) is 5.92 Å². The first-order valence-electron chi connectivity index (χ1n) is 5.25. The summed E-state index contributed by atoms with van der Waals surface area (Å²) in [5.74, 6) is -4.04.